The Hall–Kier alpha value is -1.74. The van der Waals surface area contributed by atoms with Crippen molar-refractivity contribution in [3.8, 4) is 11.1 Å². The van der Waals surface area contributed by atoms with E-state index in [0.29, 0.717) is 5.56 Å². The number of aliphatic hydroxyl groups excluding tert-OH is 1. The molecular weight excluding hydrogens is 246 g/mol. The minimum Gasteiger partial charge on any atom is -0.388 e. The Morgan fingerprint density at radius 3 is 2.47 bits per heavy atom. The van der Waals surface area contributed by atoms with Crippen LogP contribution in [0.4, 0.5) is 8.78 Å². The van der Waals surface area contributed by atoms with Gasteiger partial charge in [-0.2, -0.15) is 0 Å². The first kappa shape index (κ1) is 12.3. The molecule has 1 atom stereocenters. The number of aryl methyl sites for hydroxylation is 1. The lowest BCUT2D eigenvalue weighted by Gasteiger charge is -2.22. The molecular formula is C16H14F2O. The van der Waals surface area contributed by atoms with Gasteiger partial charge in [0.05, 0.1) is 6.10 Å². The Bertz CT molecular complexity index is 622. The highest BCUT2D eigenvalue weighted by atomic mass is 19.2. The quantitative estimate of drug-likeness (QED) is 0.821. The highest BCUT2D eigenvalue weighted by Gasteiger charge is 2.18. The third-order valence-electron chi connectivity index (χ3n) is 3.68. The predicted octanol–water partition coefficient (Wildman–Crippen LogP) is 4.00. The number of fused-ring (bicyclic) bond motifs is 1. The number of hydrogen-bond acceptors (Lipinski definition) is 1. The third kappa shape index (κ3) is 2.26. The normalized spacial score (nSPS) is 18.2. The molecule has 0 saturated carbocycles. The summed E-state index contributed by atoms with van der Waals surface area (Å²) in [6.45, 7) is 0. The van der Waals surface area contributed by atoms with E-state index in [4.69, 9.17) is 0 Å². The van der Waals surface area contributed by atoms with Crippen LogP contribution in [0.15, 0.2) is 36.4 Å². The maximum atomic E-state index is 13.3. The number of halogens is 2. The Kier molecular flexibility index (Phi) is 3.07. The maximum absolute atomic E-state index is 13.3. The summed E-state index contributed by atoms with van der Waals surface area (Å²) in [5.41, 5.74) is 3.56. The van der Waals surface area contributed by atoms with E-state index in [1.807, 2.05) is 18.2 Å². The minimum atomic E-state index is -0.838. The lowest BCUT2D eigenvalue weighted by molar-refractivity contribution is 0.156. The summed E-state index contributed by atoms with van der Waals surface area (Å²) >= 11 is 0. The largest absolute Gasteiger partial charge is 0.388 e. The SMILES string of the molecule is OC1CCCc2cc(-c3ccc(F)c(F)c3)ccc21. The zero-order chi connectivity index (χ0) is 13.4. The Morgan fingerprint density at radius 1 is 0.947 bits per heavy atom. The zero-order valence-electron chi connectivity index (χ0n) is 10.4. The van der Waals surface area contributed by atoms with Crippen LogP contribution in [-0.2, 0) is 6.42 Å². The molecule has 0 fully saturated rings. The van der Waals surface area contributed by atoms with Gasteiger partial charge < -0.3 is 5.11 Å². The number of hydrogen-bond donors (Lipinski definition) is 1. The topological polar surface area (TPSA) is 20.2 Å². The van der Waals surface area contributed by atoms with Crippen LogP contribution in [0.2, 0.25) is 0 Å². The monoisotopic (exact) mass is 260 g/mol. The first-order valence-corrected chi connectivity index (χ1v) is 6.41. The fourth-order valence-corrected chi connectivity index (χ4v) is 2.64. The molecule has 1 aliphatic rings. The number of rotatable bonds is 1. The molecule has 0 aliphatic heterocycles. The second-order valence-electron chi connectivity index (χ2n) is 4.95. The van der Waals surface area contributed by atoms with Crippen molar-refractivity contribution in [1.29, 1.82) is 0 Å². The summed E-state index contributed by atoms with van der Waals surface area (Å²) < 4.78 is 26.2. The van der Waals surface area contributed by atoms with Gasteiger partial charge in [0.1, 0.15) is 0 Å². The smallest absolute Gasteiger partial charge is 0.159 e. The van der Waals surface area contributed by atoms with Gasteiger partial charge in [-0.05, 0) is 53.6 Å². The van der Waals surface area contributed by atoms with Gasteiger partial charge >= 0.3 is 0 Å². The van der Waals surface area contributed by atoms with Crippen molar-refractivity contribution in [1.82, 2.24) is 0 Å². The molecule has 1 aliphatic carbocycles. The van der Waals surface area contributed by atoms with Crippen LogP contribution in [0.3, 0.4) is 0 Å². The third-order valence-corrected chi connectivity index (χ3v) is 3.68. The van der Waals surface area contributed by atoms with E-state index in [9.17, 15) is 13.9 Å². The van der Waals surface area contributed by atoms with Crippen molar-refractivity contribution >= 4 is 0 Å². The maximum Gasteiger partial charge on any atom is 0.159 e. The van der Waals surface area contributed by atoms with E-state index in [1.165, 1.54) is 6.07 Å². The van der Waals surface area contributed by atoms with Gasteiger partial charge in [-0.15, -0.1) is 0 Å². The molecule has 0 bridgehead atoms. The zero-order valence-corrected chi connectivity index (χ0v) is 10.4. The van der Waals surface area contributed by atoms with E-state index in [0.717, 1.165) is 42.0 Å². The molecule has 3 rings (SSSR count). The molecule has 98 valence electrons. The molecule has 1 unspecified atom stereocenters. The summed E-state index contributed by atoms with van der Waals surface area (Å²) in [6.07, 6.45) is 2.26. The van der Waals surface area contributed by atoms with Crippen LogP contribution in [0.25, 0.3) is 11.1 Å². The molecule has 1 nitrogen and oxygen atoms in total. The fourth-order valence-electron chi connectivity index (χ4n) is 2.64. The van der Waals surface area contributed by atoms with E-state index >= 15 is 0 Å². The highest BCUT2D eigenvalue weighted by molar-refractivity contribution is 5.65. The first-order valence-electron chi connectivity index (χ1n) is 6.41. The summed E-state index contributed by atoms with van der Waals surface area (Å²) in [5.74, 6) is -1.67. The van der Waals surface area contributed by atoms with Gasteiger partial charge in [-0.3, -0.25) is 0 Å². The molecule has 0 radical (unpaired) electrons. The fraction of sp³-hybridized carbons (Fsp3) is 0.250. The molecule has 1 N–H and O–H groups in total. The average Bonchev–Trinajstić information content (AvgIpc) is 2.42. The van der Waals surface area contributed by atoms with Crippen LogP contribution in [-0.4, -0.2) is 5.11 Å². The summed E-state index contributed by atoms with van der Waals surface area (Å²) in [4.78, 5) is 0. The average molecular weight is 260 g/mol. The van der Waals surface area contributed by atoms with Crippen molar-refractivity contribution in [2.45, 2.75) is 25.4 Å². The predicted molar refractivity (Wildman–Crippen MR) is 69.7 cm³/mol. The van der Waals surface area contributed by atoms with Gasteiger partial charge in [0, 0.05) is 0 Å². The molecule has 2 aromatic rings. The van der Waals surface area contributed by atoms with Gasteiger partial charge in [0.2, 0.25) is 0 Å². The molecule has 0 heterocycles. The van der Waals surface area contributed by atoms with Gasteiger partial charge in [-0.1, -0.05) is 24.3 Å². The van der Waals surface area contributed by atoms with Gasteiger partial charge in [-0.25, -0.2) is 8.78 Å². The Balaban J connectivity index is 2.04. The van der Waals surface area contributed by atoms with Crippen LogP contribution < -0.4 is 0 Å². The Labute approximate surface area is 110 Å². The molecule has 19 heavy (non-hydrogen) atoms. The second kappa shape index (κ2) is 4.74. The van der Waals surface area contributed by atoms with Crippen molar-refractivity contribution < 1.29 is 13.9 Å². The van der Waals surface area contributed by atoms with Crippen molar-refractivity contribution in [3.63, 3.8) is 0 Å². The van der Waals surface area contributed by atoms with E-state index in [2.05, 4.69) is 0 Å². The molecule has 2 aromatic carbocycles. The summed E-state index contributed by atoms with van der Waals surface area (Å²) in [7, 11) is 0. The van der Waals surface area contributed by atoms with Gasteiger partial charge in [0.25, 0.3) is 0 Å². The standard InChI is InChI=1S/C16H14F2O/c17-14-7-5-11(9-15(14)18)10-4-6-13-12(8-10)2-1-3-16(13)19/h4-9,16,19H,1-3H2. The van der Waals surface area contributed by atoms with Gasteiger partial charge in [0.15, 0.2) is 11.6 Å². The summed E-state index contributed by atoms with van der Waals surface area (Å²) in [5, 5.41) is 9.89. The van der Waals surface area contributed by atoms with Crippen LogP contribution in [0.1, 0.15) is 30.1 Å². The second-order valence-corrected chi connectivity index (χ2v) is 4.95. The lowest BCUT2D eigenvalue weighted by Crippen LogP contribution is -2.08. The molecule has 0 aromatic heterocycles. The molecule has 0 spiro atoms. The van der Waals surface area contributed by atoms with E-state index in [-0.39, 0.29) is 0 Å². The minimum absolute atomic E-state index is 0.400. The number of aliphatic hydroxyl groups is 1. The molecule has 0 amide bonds. The van der Waals surface area contributed by atoms with E-state index in [1.54, 1.807) is 6.07 Å². The van der Waals surface area contributed by atoms with Crippen LogP contribution in [0.5, 0.6) is 0 Å². The highest BCUT2D eigenvalue weighted by Crippen LogP contribution is 2.33. The van der Waals surface area contributed by atoms with E-state index < -0.39 is 17.7 Å². The first-order chi connectivity index (χ1) is 9.15. The molecule has 0 saturated heterocycles. The lowest BCUT2D eigenvalue weighted by atomic mass is 9.87. The Morgan fingerprint density at radius 2 is 1.68 bits per heavy atom. The van der Waals surface area contributed by atoms with Crippen LogP contribution in [0, 0.1) is 11.6 Å². The van der Waals surface area contributed by atoms with Crippen molar-refractivity contribution in [2.75, 3.05) is 0 Å². The van der Waals surface area contributed by atoms with Crippen molar-refractivity contribution in [3.05, 3.63) is 59.2 Å². The van der Waals surface area contributed by atoms with Crippen LogP contribution >= 0.6 is 0 Å². The van der Waals surface area contributed by atoms with Crippen molar-refractivity contribution in [2.24, 2.45) is 0 Å². The number of benzene rings is 2. The summed E-state index contributed by atoms with van der Waals surface area (Å²) in [6, 6.07) is 9.61. The molecule has 3 heteroatoms.